The summed E-state index contributed by atoms with van der Waals surface area (Å²) in [6.07, 6.45) is 0. The van der Waals surface area contributed by atoms with E-state index in [0.717, 1.165) is 56.3 Å². The van der Waals surface area contributed by atoms with Crippen LogP contribution in [0.25, 0.3) is 56.2 Å². The molecule has 1 aromatic heterocycles. The molecule has 3 nitrogen and oxygen atoms in total. The molecule has 0 atom stereocenters. The third-order valence-electron chi connectivity index (χ3n) is 10.2. The number of aromatic nitrogens is 2. The van der Waals surface area contributed by atoms with Crippen molar-refractivity contribution >= 4 is 0 Å². The predicted molar refractivity (Wildman–Crippen MR) is 201 cm³/mol. The second-order valence-electron chi connectivity index (χ2n) is 12.9. The minimum atomic E-state index is -0.558. The molecule has 0 amide bonds. The van der Waals surface area contributed by atoms with Crippen molar-refractivity contribution in [3.05, 3.63) is 204 Å². The molecule has 0 unspecified atom stereocenters. The van der Waals surface area contributed by atoms with E-state index < -0.39 is 5.41 Å². The molecule has 3 heteroatoms. The van der Waals surface area contributed by atoms with Gasteiger partial charge in [0.15, 0.2) is 5.82 Å². The summed E-state index contributed by atoms with van der Waals surface area (Å²) in [5, 5.41) is 0. The summed E-state index contributed by atoms with van der Waals surface area (Å²) in [4.78, 5) is 10.6. The molecule has 50 heavy (non-hydrogen) atoms. The number of hydrogen-bond donors (Lipinski definition) is 0. The number of para-hydroxylation sites is 2. The van der Waals surface area contributed by atoms with Crippen molar-refractivity contribution < 1.29 is 4.74 Å². The number of ether oxygens (including phenoxy) is 1. The van der Waals surface area contributed by atoms with Crippen LogP contribution in [0.3, 0.4) is 0 Å². The van der Waals surface area contributed by atoms with E-state index in [4.69, 9.17) is 14.7 Å². The quantitative estimate of drug-likeness (QED) is 0.192. The zero-order valence-electron chi connectivity index (χ0n) is 27.1. The van der Waals surface area contributed by atoms with E-state index in [0.29, 0.717) is 5.82 Å². The molecular weight excluding hydrogens is 609 g/mol. The molecule has 0 bridgehead atoms. The Hall–Kier alpha value is -6.58. The van der Waals surface area contributed by atoms with E-state index in [-0.39, 0.29) is 0 Å². The van der Waals surface area contributed by atoms with Crippen molar-refractivity contribution in [3.63, 3.8) is 0 Å². The highest BCUT2D eigenvalue weighted by atomic mass is 16.5. The van der Waals surface area contributed by atoms with Crippen LogP contribution in [0.4, 0.5) is 0 Å². The zero-order chi connectivity index (χ0) is 33.1. The van der Waals surface area contributed by atoms with Gasteiger partial charge in [0.05, 0.1) is 22.4 Å². The summed E-state index contributed by atoms with van der Waals surface area (Å²) in [7, 11) is 0. The summed E-state index contributed by atoms with van der Waals surface area (Å²) in [5.74, 6) is 2.25. The van der Waals surface area contributed by atoms with Crippen molar-refractivity contribution in [1.82, 2.24) is 9.97 Å². The maximum Gasteiger partial charge on any atom is 0.164 e. The first-order valence-corrected chi connectivity index (χ1v) is 17.0. The van der Waals surface area contributed by atoms with Gasteiger partial charge in [-0.15, -0.1) is 0 Å². The van der Waals surface area contributed by atoms with E-state index in [1.165, 1.54) is 27.8 Å². The lowest BCUT2D eigenvalue weighted by molar-refractivity contribution is 0.437. The lowest BCUT2D eigenvalue weighted by Gasteiger charge is -2.39. The predicted octanol–water partition coefficient (Wildman–Crippen LogP) is 11.6. The number of hydrogen-bond acceptors (Lipinski definition) is 3. The largest absolute Gasteiger partial charge is 0.456 e. The summed E-state index contributed by atoms with van der Waals surface area (Å²) in [5.41, 5.74) is 13.6. The Morgan fingerprint density at radius 1 is 0.360 bits per heavy atom. The van der Waals surface area contributed by atoms with Crippen molar-refractivity contribution in [2.45, 2.75) is 5.41 Å². The summed E-state index contributed by atoms with van der Waals surface area (Å²) in [6.45, 7) is 0. The fraction of sp³-hybridized carbons (Fsp3) is 0.0213. The first kappa shape index (κ1) is 28.4. The molecule has 1 aliphatic carbocycles. The molecule has 1 aliphatic heterocycles. The molecule has 7 aromatic carbocycles. The van der Waals surface area contributed by atoms with E-state index in [9.17, 15) is 0 Å². The lowest BCUT2D eigenvalue weighted by atomic mass is 9.66. The van der Waals surface area contributed by atoms with Crippen LogP contribution < -0.4 is 4.74 Å². The Balaban J connectivity index is 1.23. The van der Waals surface area contributed by atoms with Crippen LogP contribution in [0, 0.1) is 0 Å². The molecule has 0 radical (unpaired) electrons. The minimum Gasteiger partial charge on any atom is -0.456 e. The number of nitrogens with zero attached hydrogens (tertiary/aromatic N) is 2. The highest BCUT2D eigenvalue weighted by Crippen LogP contribution is 2.63. The summed E-state index contributed by atoms with van der Waals surface area (Å²) < 4.78 is 6.97. The summed E-state index contributed by atoms with van der Waals surface area (Å²) in [6, 6.07) is 64.0. The van der Waals surface area contributed by atoms with Gasteiger partial charge in [-0.2, -0.15) is 0 Å². The summed E-state index contributed by atoms with van der Waals surface area (Å²) >= 11 is 0. The molecule has 0 saturated carbocycles. The third kappa shape index (κ3) is 4.23. The third-order valence-corrected chi connectivity index (χ3v) is 10.2. The van der Waals surface area contributed by atoms with E-state index in [1.807, 2.05) is 12.1 Å². The second kappa shape index (κ2) is 11.3. The molecule has 8 aromatic rings. The molecule has 0 saturated heterocycles. The van der Waals surface area contributed by atoms with Crippen LogP contribution in [0.1, 0.15) is 22.3 Å². The number of benzene rings is 7. The topological polar surface area (TPSA) is 35.0 Å². The normalized spacial score (nSPS) is 13.1. The van der Waals surface area contributed by atoms with Gasteiger partial charge in [0.25, 0.3) is 0 Å². The monoisotopic (exact) mass is 638 g/mol. The van der Waals surface area contributed by atoms with Gasteiger partial charge in [0, 0.05) is 22.3 Å². The lowest BCUT2D eigenvalue weighted by Crippen LogP contribution is -2.32. The van der Waals surface area contributed by atoms with Gasteiger partial charge in [-0.3, -0.25) is 0 Å². The van der Waals surface area contributed by atoms with Gasteiger partial charge in [-0.1, -0.05) is 158 Å². The van der Waals surface area contributed by atoms with Gasteiger partial charge >= 0.3 is 0 Å². The molecular formula is C47H30N2O. The Kier molecular flexibility index (Phi) is 6.40. The van der Waals surface area contributed by atoms with Gasteiger partial charge in [0.2, 0.25) is 0 Å². The Labute approximate surface area is 291 Å². The minimum absolute atomic E-state index is 0.558. The van der Waals surface area contributed by atoms with Crippen molar-refractivity contribution in [1.29, 1.82) is 0 Å². The van der Waals surface area contributed by atoms with Gasteiger partial charge < -0.3 is 4.74 Å². The average Bonchev–Trinajstić information content (AvgIpc) is 3.49. The van der Waals surface area contributed by atoms with Crippen LogP contribution >= 0.6 is 0 Å². The maximum atomic E-state index is 6.97. The standard InChI is InChI=1S/C47H30N2O/c1-3-15-31(16-4-1)33-19-13-20-34(29-33)43-30-42(32-17-5-2-6-18-32)48-46(49-43)37-23-14-27-41-45(37)50-44-28-12-11-26-40(44)47(41)38-24-9-7-21-35(38)36-22-8-10-25-39(36)47/h1-30H. The van der Waals surface area contributed by atoms with Crippen LogP contribution in [0.15, 0.2) is 182 Å². The van der Waals surface area contributed by atoms with Crippen LogP contribution in [-0.2, 0) is 5.41 Å². The number of fused-ring (bicyclic) bond motifs is 9. The van der Waals surface area contributed by atoms with Crippen LogP contribution in [-0.4, -0.2) is 9.97 Å². The highest BCUT2D eigenvalue weighted by Gasteiger charge is 2.51. The van der Waals surface area contributed by atoms with Gasteiger partial charge in [-0.05, 0) is 57.6 Å². The van der Waals surface area contributed by atoms with E-state index >= 15 is 0 Å². The Morgan fingerprint density at radius 3 is 1.58 bits per heavy atom. The van der Waals surface area contributed by atoms with E-state index in [2.05, 4.69) is 170 Å². The molecule has 2 heterocycles. The Bertz CT molecular complexity index is 2530. The first-order valence-electron chi connectivity index (χ1n) is 17.0. The zero-order valence-corrected chi connectivity index (χ0v) is 27.1. The maximum absolute atomic E-state index is 6.97. The highest BCUT2D eigenvalue weighted by molar-refractivity contribution is 5.90. The molecule has 1 spiro atoms. The molecule has 10 rings (SSSR count). The van der Waals surface area contributed by atoms with Gasteiger partial charge in [0.1, 0.15) is 11.5 Å². The van der Waals surface area contributed by atoms with Crippen molar-refractivity contribution in [2.24, 2.45) is 0 Å². The second-order valence-corrected chi connectivity index (χ2v) is 12.9. The average molecular weight is 639 g/mol. The molecule has 0 fully saturated rings. The first-order chi connectivity index (χ1) is 24.8. The van der Waals surface area contributed by atoms with Crippen LogP contribution in [0.5, 0.6) is 11.5 Å². The van der Waals surface area contributed by atoms with Crippen molar-refractivity contribution in [3.8, 4) is 67.7 Å². The van der Waals surface area contributed by atoms with Crippen molar-refractivity contribution in [2.75, 3.05) is 0 Å². The number of rotatable bonds is 4. The SMILES string of the molecule is c1ccc(-c2cccc(-c3cc(-c4ccccc4)nc(-c4cccc5c4Oc4ccccc4C54c5ccccc5-c5ccccc54)n3)c2)cc1. The van der Waals surface area contributed by atoms with E-state index in [1.54, 1.807) is 0 Å². The fourth-order valence-electron chi connectivity index (χ4n) is 8.02. The molecule has 234 valence electrons. The van der Waals surface area contributed by atoms with Gasteiger partial charge in [-0.25, -0.2) is 9.97 Å². The molecule has 0 N–H and O–H groups in total. The molecule has 2 aliphatic rings. The fourth-order valence-corrected chi connectivity index (χ4v) is 8.02. The smallest absolute Gasteiger partial charge is 0.164 e. The van der Waals surface area contributed by atoms with Crippen LogP contribution in [0.2, 0.25) is 0 Å². The Morgan fingerprint density at radius 2 is 0.860 bits per heavy atom.